The first-order valence-electron chi connectivity index (χ1n) is 6.21. The predicted octanol–water partition coefficient (Wildman–Crippen LogP) is 2.38. The number of carbonyl (C=O) groups is 1. The number of amides is 1. The molecule has 4 nitrogen and oxygen atoms in total. The van der Waals surface area contributed by atoms with Crippen LogP contribution in [0.15, 0.2) is 24.3 Å². The third-order valence-electron chi connectivity index (χ3n) is 3.21. The minimum absolute atomic E-state index is 0.116. The number of hydrogen-bond donors (Lipinski definition) is 1. The molecule has 1 fully saturated rings. The van der Waals surface area contributed by atoms with Gasteiger partial charge in [-0.2, -0.15) is 13.2 Å². The predicted molar refractivity (Wildman–Crippen MR) is 65.8 cm³/mol. The molecule has 1 aliphatic heterocycles. The first-order chi connectivity index (χ1) is 9.41. The van der Waals surface area contributed by atoms with Crippen molar-refractivity contribution in [1.82, 2.24) is 4.90 Å². The van der Waals surface area contributed by atoms with Crippen LogP contribution < -0.4 is 5.73 Å². The number of halogens is 3. The summed E-state index contributed by atoms with van der Waals surface area (Å²) < 4.78 is 42.3. The number of rotatable bonds is 4. The number of ether oxygens (including phenoxy) is 1. The Hall–Kier alpha value is -1.76. The van der Waals surface area contributed by atoms with Crippen LogP contribution in [-0.2, 0) is 17.5 Å². The summed E-state index contributed by atoms with van der Waals surface area (Å²) in [5.41, 5.74) is 5.38. The number of nitrogens with zero attached hydrogens (tertiary/aromatic N) is 1. The zero-order valence-corrected chi connectivity index (χ0v) is 10.7. The van der Waals surface area contributed by atoms with Gasteiger partial charge in [-0.1, -0.05) is 12.1 Å². The van der Waals surface area contributed by atoms with Crippen LogP contribution in [0.2, 0.25) is 0 Å². The van der Waals surface area contributed by atoms with E-state index in [2.05, 4.69) is 0 Å². The Bertz CT molecular complexity index is 473. The summed E-state index contributed by atoms with van der Waals surface area (Å²) in [6, 6.07) is 4.64. The molecule has 0 radical (unpaired) electrons. The van der Waals surface area contributed by atoms with E-state index in [-0.39, 0.29) is 19.2 Å². The van der Waals surface area contributed by atoms with E-state index in [0.29, 0.717) is 18.5 Å². The Morgan fingerprint density at radius 2 is 1.95 bits per heavy atom. The maximum Gasteiger partial charge on any atom is 0.416 e. The van der Waals surface area contributed by atoms with Crippen LogP contribution in [0.3, 0.4) is 0 Å². The average molecular weight is 288 g/mol. The van der Waals surface area contributed by atoms with Crippen molar-refractivity contribution in [3.63, 3.8) is 0 Å². The molecule has 110 valence electrons. The van der Waals surface area contributed by atoms with Crippen LogP contribution in [0, 0.1) is 0 Å². The second-order valence-electron chi connectivity index (χ2n) is 4.63. The summed E-state index contributed by atoms with van der Waals surface area (Å²) in [5, 5.41) is 0. The van der Waals surface area contributed by atoms with Crippen molar-refractivity contribution in [1.29, 1.82) is 0 Å². The Balaban J connectivity index is 2.07. The van der Waals surface area contributed by atoms with E-state index in [4.69, 9.17) is 10.5 Å². The zero-order chi connectivity index (χ0) is 14.8. The van der Waals surface area contributed by atoms with E-state index in [0.717, 1.165) is 12.1 Å². The molecule has 1 amide bonds. The number of benzene rings is 1. The van der Waals surface area contributed by atoms with Crippen molar-refractivity contribution in [2.75, 3.05) is 13.2 Å². The fraction of sp³-hybridized carbons (Fsp3) is 0.462. The van der Waals surface area contributed by atoms with Gasteiger partial charge in [0.2, 0.25) is 0 Å². The molecule has 1 saturated heterocycles. The van der Waals surface area contributed by atoms with Crippen molar-refractivity contribution in [3.8, 4) is 0 Å². The molecule has 2 N–H and O–H groups in total. The highest BCUT2D eigenvalue weighted by Crippen LogP contribution is 2.29. The maximum absolute atomic E-state index is 12.5. The average Bonchev–Trinajstić information content (AvgIpc) is 2.72. The van der Waals surface area contributed by atoms with Gasteiger partial charge in [-0.05, 0) is 30.7 Å². The molecule has 1 heterocycles. The highest BCUT2D eigenvalue weighted by molar-refractivity contribution is 5.70. The second kappa shape index (κ2) is 5.70. The van der Waals surface area contributed by atoms with Crippen LogP contribution in [0.4, 0.5) is 18.0 Å². The number of nitrogens with two attached hydrogens (primary N) is 1. The number of hydrogen-bond acceptors (Lipinski definition) is 3. The summed E-state index contributed by atoms with van der Waals surface area (Å²) in [5.74, 6) is 0. The molecule has 2 rings (SSSR count). The van der Waals surface area contributed by atoms with Crippen molar-refractivity contribution in [2.45, 2.75) is 25.2 Å². The zero-order valence-electron chi connectivity index (χ0n) is 10.7. The molecular formula is C13H15F3N2O2. The fourth-order valence-corrected chi connectivity index (χ4v) is 2.11. The molecule has 0 aliphatic carbocycles. The number of cyclic esters (lactones) is 1. The van der Waals surface area contributed by atoms with E-state index in [1.165, 1.54) is 17.0 Å². The van der Waals surface area contributed by atoms with Gasteiger partial charge in [-0.15, -0.1) is 0 Å². The topological polar surface area (TPSA) is 55.6 Å². The first kappa shape index (κ1) is 14.6. The van der Waals surface area contributed by atoms with Crippen molar-refractivity contribution in [2.24, 2.45) is 5.73 Å². The summed E-state index contributed by atoms with van der Waals surface area (Å²) in [7, 11) is 0. The summed E-state index contributed by atoms with van der Waals surface area (Å²) in [6.07, 6.45) is -4.21. The van der Waals surface area contributed by atoms with E-state index in [9.17, 15) is 18.0 Å². The molecule has 0 saturated carbocycles. The number of carbonyl (C=O) groups excluding carboxylic acids is 1. The van der Waals surface area contributed by atoms with Gasteiger partial charge in [-0.25, -0.2) is 4.79 Å². The van der Waals surface area contributed by atoms with Gasteiger partial charge in [0.25, 0.3) is 0 Å². The minimum Gasteiger partial charge on any atom is -0.447 e. The molecule has 1 unspecified atom stereocenters. The lowest BCUT2D eigenvalue weighted by Crippen LogP contribution is -2.34. The van der Waals surface area contributed by atoms with Crippen molar-refractivity contribution in [3.05, 3.63) is 35.4 Å². The van der Waals surface area contributed by atoms with Gasteiger partial charge >= 0.3 is 12.3 Å². The largest absolute Gasteiger partial charge is 0.447 e. The Kier molecular flexibility index (Phi) is 4.17. The highest BCUT2D eigenvalue weighted by Gasteiger charge is 2.33. The third-order valence-corrected chi connectivity index (χ3v) is 3.21. The molecular weight excluding hydrogens is 273 g/mol. The van der Waals surface area contributed by atoms with Crippen molar-refractivity contribution >= 4 is 6.09 Å². The van der Waals surface area contributed by atoms with Gasteiger partial charge in [-0.3, -0.25) is 4.90 Å². The molecule has 1 aliphatic rings. The third kappa shape index (κ3) is 3.22. The van der Waals surface area contributed by atoms with E-state index in [1.54, 1.807) is 0 Å². The van der Waals surface area contributed by atoms with Gasteiger partial charge in [0.05, 0.1) is 11.6 Å². The Morgan fingerprint density at radius 1 is 1.30 bits per heavy atom. The molecule has 20 heavy (non-hydrogen) atoms. The van der Waals surface area contributed by atoms with E-state index in [1.807, 2.05) is 0 Å². The van der Waals surface area contributed by atoms with Crippen LogP contribution in [-0.4, -0.2) is 30.2 Å². The molecule has 0 spiro atoms. The lowest BCUT2D eigenvalue weighted by Gasteiger charge is -2.21. The monoisotopic (exact) mass is 288 g/mol. The maximum atomic E-state index is 12.5. The Labute approximate surface area is 114 Å². The van der Waals surface area contributed by atoms with Crippen LogP contribution >= 0.6 is 0 Å². The highest BCUT2D eigenvalue weighted by atomic mass is 19.4. The van der Waals surface area contributed by atoms with Gasteiger partial charge in [0.1, 0.15) is 6.61 Å². The molecule has 1 atom stereocenters. The lowest BCUT2D eigenvalue weighted by atomic mass is 10.1. The molecule has 1 aromatic rings. The minimum atomic E-state index is -4.35. The van der Waals surface area contributed by atoms with Gasteiger partial charge in [0, 0.05) is 6.54 Å². The van der Waals surface area contributed by atoms with Crippen LogP contribution in [0.1, 0.15) is 17.5 Å². The lowest BCUT2D eigenvalue weighted by molar-refractivity contribution is -0.137. The molecule has 0 bridgehead atoms. The molecule has 0 aromatic heterocycles. The van der Waals surface area contributed by atoms with Gasteiger partial charge in [0.15, 0.2) is 0 Å². The standard InChI is InChI=1S/C13H15F3N2O2/c14-13(15,16)10-3-1-9(2-4-10)7-18-11(5-6-17)8-20-12(18)19/h1-4,11H,5-8,17H2. The quantitative estimate of drug-likeness (QED) is 0.925. The van der Waals surface area contributed by atoms with Crippen LogP contribution in [0.5, 0.6) is 0 Å². The summed E-state index contributed by atoms with van der Waals surface area (Å²) in [6.45, 7) is 0.920. The normalized spacial score (nSPS) is 19.3. The van der Waals surface area contributed by atoms with E-state index < -0.39 is 17.8 Å². The summed E-state index contributed by atoms with van der Waals surface area (Å²) >= 11 is 0. The summed E-state index contributed by atoms with van der Waals surface area (Å²) in [4.78, 5) is 13.1. The first-order valence-corrected chi connectivity index (χ1v) is 6.21. The smallest absolute Gasteiger partial charge is 0.416 e. The molecule has 7 heteroatoms. The fourth-order valence-electron chi connectivity index (χ4n) is 2.11. The Morgan fingerprint density at radius 3 is 2.50 bits per heavy atom. The van der Waals surface area contributed by atoms with E-state index >= 15 is 0 Å². The second-order valence-corrected chi connectivity index (χ2v) is 4.63. The molecule has 1 aromatic carbocycles. The van der Waals surface area contributed by atoms with Crippen LogP contribution in [0.25, 0.3) is 0 Å². The van der Waals surface area contributed by atoms with Gasteiger partial charge < -0.3 is 10.5 Å². The number of alkyl halides is 3. The van der Waals surface area contributed by atoms with Crippen molar-refractivity contribution < 1.29 is 22.7 Å². The SMILES string of the molecule is NCCC1COC(=O)N1Cc1ccc(C(F)(F)F)cc1.